The highest BCUT2D eigenvalue weighted by Crippen LogP contribution is 2.36. The lowest BCUT2D eigenvalue weighted by atomic mass is 10.1. The SMILES string of the molecule is Cc1nc(CC(O)c2cc(Cl)sc2Cl)sc1C. The molecule has 0 aliphatic heterocycles. The minimum Gasteiger partial charge on any atom is -0.388 e. The lowest BCUT2D eigenvalue weighted by Gasteiger charge is -2.06. The molecule has 1 atom stereocenters. The van der Waals surface area contributed by atoms with Gasteiger partial charge in [-0.2, -0.15) is 0 Å². The molecule has 2 heterocycles. The van der Waals surface area contributed by atoms with Crippen molar-refractivity contribution in [2.45, 2.75) is 26.4 Å². The summed E-state index contributed by atoms with van der Waals surface area (Å²) < 4.78 is 1.14. The van der Waals surface area contributed by atoms with Crippen LogP contribution >= 0.6 is 45.9 Å². The Morgan fingerprint density at radius 1 is 1.35 bits per heavy atom. The van der Waals surface area contributed by atoms with Gasteiger partial charge in [-0.3, -0.25) is 0 Å². The third-order valence-electron chi connectivity index (χ3n) is 2.48. The third-order valence-corrected chi connectivity index (χ3v) is 5.10. The Morgan fingerprint density at radius 2 is 2.06 bits per heavy atom. The molecule has 0 amide bonds. The van der Waals surface area contributed by atoms with E-state index in [9.17, 15) is 5.11 Å². The van der Waals surface area contributed by atoms with Crippen molar-refractivity contribution in [1.82, 2.24) is 4.98 Å². The van der Waals surface area contributed by atoms with E-state index in [1.54, 1.807) is 17.4 Å². The van der Waals surface area contributed by atoms with Crippen molar-refractivity contribution >= 4 is 45.9 Å². The molecule has 0 aliphatic rings. The molecule has 0 saturated carbocycles. The Hall–Kier alpha value is -0.130. The van der Waals surface area contributed by atoms with Gasteiger partial charge in [0.15, 0.2) is 0 Å². The number of hydrogen-bond donors (Lipinski definition) is 1. The van der Waals surface area contributed by atoms with Gasteiger partial charge in [-0.1, -0.05) is 23.2 Å². The number of aryl methyl sites for hydroxylation is 2. The maximum absolute atomic E-state index is 10.1. The molecule has 0 aliphatic carbocycles. The molecular weight excluding hydrogens is 297 g/mol. The van der Waals surface area contributed by atoms with Gasteiger partial charge in [-0.05, 0) is 19.9 Å². The van der Waals surface area contributed by atoms with E-state index in [1.807, 2.05) is 13.8 Å². The van der Waals surface area contributed by atoms with Gasteiger partial charge in [0.1, 0.15) is 4.34 Å². The van der Waals surface area contributed by atoms with Crippen molar-refractivity contribution in [1.29, 1.82) is 0 Å². The summed E-state index contributed by atoms with van der Waals surface area (Å²) in [5.74, 6) is 0. The fraction of sp³-hybridized carbons (Fsp3) is 0.364. The zero-order chi connectivity index (χ0) is 12.6. The van der Waals surface area contributed by atoms with Crippen LogP contribution in [0.25, 0.3) is 0 Å². The van der Waals surface area contributed by atoms with E-state index >= 15 is 0 Å². The van der Waals surface area contributed by atoms with E-state index in [-0.39, 0.29) is 0 Å². The van der Waals surface area contributed by atoms with E-state index < -0.39 is 6.10 Å². The summed E-state index contributed by atoms with van der Waals surface area (Å²) >= 11 is 14.7. The molecular formula is C11H11Cl2NOS2. The predicted octanol–water partition coefficient (Wildman–Crippen LogP) is 4.40. The van der Waals surface area contributed by atoms with E-state index in [0.29, 0.717) is 20.7 Å². The van der Waals surface area contributed by atoms with Gasteiger partial charge in [0.25, 0.3) is 0 Å². The number of hydrogen-bond acceptors (Lipinski definition) is 4. The summed E-state index contributed by atoms with van der Waals surface area (Å²) in [6.07, 6.45) is -0.164. The van der Waals surface area contributed by atoms with Crippen LogP contribution in [0.1, 0.15) is 27.2 Å². The van der Waals surface area contributed by atoms with Crippen LogP contribution in [0.5, 0.6) is 0 Å². The number of aliphatic hydroxyl groups is 1. The minimum absolute atomic E-state index is 0.478. The third kappa shape index (κ3) is 3.01. The maximum atomic E-state index is 10.1. The molecule has 0 spiro atoms. The molecule has 0 fully saturated rings. The smallest absolute Gasteiger partial charge is 0.100 e. The summed E-state index contributed by atoms with van der Waals surface area (Å²) in [6, 6.07) is 1.71. The average Bonchev–Trinajstić information content (AvgIpc) is 2.71. The first kappa shape index (κ1) is 13.3. The lowest BCUT2D eigenvalue weighted by molar-refractivity contribution is 0.179. The van der Waals surface area contributed by atoms with E-state index in [2.05, 4.69) is 4.98 Å². The number of thiazole rings is 1. The summed E-state index contributed by atoms with van der Waals surface area (Å²) in [6.45, 7) is 3.99. The predicted molar refractivity (Wildman–Crippen MR) is 74.6 cm³/mol. The average molecular weight is 308 g/mol. The van der Waals surface area contributed by atoms with Crippen LogP contribution in [-0.2, 0) is 6.42 Å². The van der Waals surface area contributed by atoms with Gasteiger partial charge in [-0.25, -0.2) is 4.98 Å². The monoisotopic (exact) mass is 307 g/mol. The zero-order valence-electron chi connectivity index (χ0n) is 9.33. The van der Waals surface area contributed by atoms with Crippen molar-refractivity contribution in [3.05, 3.63) is 35.9 Å². The van der Waals surface area contributed by atoms with Gasteiger partial charge in [0.2, 0.25) is 0 Å². The first-order valence-electron chi connectivity index (χ1n) is 5.03. The quantitative estimate of drug-likeness (QED) is 0.911. The number of rotatable bonds is 3. The second-order valence-corrected chi connectivity index (χ2v) is 7.32. The molecule has 0 bridgehead atoms. The van der Waals surface area contributed by atoms with Crippen molar-refractivity contribution in [3.63, 3.8) is 0 Å². The highest BCUT2D eigenvalue weighted by molar-refractivity contribution is 7.20. The molecule has 0 saturated heterocycles. The normalized spacial score (nSPS) is 13.0. The van der Waals surface area contributed by atoms with Crippen molar-refractivity contribution in [2.75, 3.05) is 0 Å². The number of nitrogens with zero attached hydrogens (tertiary/aromatic N) is 1. The summed E-state index contributed by atoms with van der Waals surface area (Å²) in [4.78, 5) is 5.58. The largest absolute Gasteiger partial charge is 0.388 e. The van der Waals surface area contributed by atoms with Gasteiger partial charge in [0.05, 0.1) is 21.1 Å². The first-order valence-corrected chi connectivity index (χ1v) is 7.42. The molecule has 17 heavy (non-hydrogen) atoms. The molecule has 92 valence electrons. The van der Waals surface area contributed by atoms with Crippen molar-refractivity contribution in [2.24, 2.45) is 0 Å². The number of aliphatic hydroxyl groups excluding tert-OH is 1. The summed E-state index contributed by atoms with van der Waals surface area (Å²) in [7, 11) is 0. The van der Waals surface area contributed by atoms with E-state index in [0.717, 1.165) is 10.7 Å². The van der Waals surface area contributed by atoms with Crippen LogP contribution in [-0.4, -0.2) is 10.1 Å². The molecule has 2 aromatic heterocycles. The number of thiophene rings is 1. The number of halogens is 2. The van der Waals surface area contributed by atoms with Crippen LogP contribution in [0.15, 0.2) is 6.07 Å². The molecule has 2 rings (SSSR count). The Kier molecular flexibility index (Phi) is 4.10. The highest BCUT2D eigenvalue weighted by atomic mass is 35.5. The Morgan fingerprint density at radius 3 is 2.53 bits per heavy atom. The van der Waals surface area contributed by atoms with E-state index in [1.165, 1.54) is 16.2 Å². The second kappa shape index (κ2) is 5.24. The van der Waals surface area contributed by atoms with Gasteiger partial charge >= 0.3 is 0 Å². The Bertz CT molecular complexity index is 516. The van der Waals surface area contributed by atoms with Gasteiger partial charge < -0.3 is 5.11 Å². The fourth-order valence-electron chi connectivity index (χ4n) is 1.48. The molecule has 0 radical (unpaired) electrons. The Balaban J connectivity index is 2.16. The van der Waals surface area contributed by atoms with Crippen LogP contribution in [0.4, 0.5) is 0 Å². The van der Waals surface area contributed by atoms with Crippen molar-refractivity contribution < 1.29 is 5.11 Å². The van der Waals surface area contributed by atoms with Crippen molar-refractivity contribution in [3.8, 4) is 0 Å². The van der Waals surface area contributed by atoms with Crippen LogP contribution in [0.2, 0.25) is 8.67 Å². The highest BCUT2D eigenvalue weighted by Gasteiger charge is 2.17. The zero-order valence-corrected chi connectivity index (χ0v) is 12.5. The topological polar surface area (TPSA) is 33.1 Å². The van der Waals surface area contributed by atoms with E-state index in [4.69, 9.17) is 23.2 Å². The molecule has 0 aromatic carbocycles. The molecule has 6 heteroatoms. The molecule has 1 unspecified atom stereocenters. The first-order chi connectivity index (χ1) is 7.97. The number of aromatic nitrogens is 1. The molecule has 2 nitrogen and oxygen atoms in total. The standard InChI is InChI=1S/C11H11Cl2NOS2/c1-5-6(2)16-10(14-5)4-8(15)7-3-9(12)17-11(7)13/h3,8,15H,4H2,1-2H3. The van der Waals surface area contributed by atoms with Crippen LogP contribution in [0.3, 0.4) is 0 Å². The lowest BCUT2D eigenvalue weighted by Crippen LogP contribution is -2.00. The van der Waals surface area contributed by atoms with Crippen LogP contribution < -0.4 is 0 Å². The molecule has 2 aromatic rings. The van der Waals surface area contributed by atoms with Crippen LogP contribution in [0, 0.1) is 13.8 Å². The fourth-order valence-corrected chi connectivity index (χ4v) is 4.02. The summed E-state index contributed by atoms with van der Waals surface area (Å²) in [5, 5.41) is 11.0. The minimum atomic E-state index is -0.642. The maximum Gasteiger partial charge on any atom is 0.100 e. The summed E-state index contributed by atoms with van der Waals surface area (Å²) in [5.41, 5.74) is 1.71. The van der Waals surface area contributed by atoms with Gasteiger partial charge in [0, 0.05) is 16.9 Å². The Labute approximate surface area is 118 Å². The molecule has 1 N–H and O–H groups in total. The van der Waals surface area contributed by atoms with Gasteiger partial charge in [-0.15, -0.1) is 22.7 Å². The second-order valence-electron chi connectivity index (χ2n) is 3.75.